The highest BCUT2D eigenvalue weighted by atomic mass is 32.1. The minimum Gasteiger partial charge on any atom is -0.462 e. The SMILES string of the molecule is CCOC(=O)c1cc(N2CCOC(c3cccs3)C2)ccc1[N+](=O)[O-]. The number of carbonyl (C=O) groups excluding carboxylic acids is 1. The van der Waals surface area contributed by atoms with Gasteiger partial charge in [0.05, 0.1) is 18.1 Å². The fourth-order valence-electron chi connectivity index (χ4n) is 2.78. The van der Waals surface area contributed by atoms with E-state index in [0.29, 0.717) is 19.7 Å². The van der Waals surface area contributed by atoms with E-state index in [1.165, 1.54) is 12.1 Å². The molecule has 2 heterocycles. The van der Waals surface area contributed by atoms with Gasteiger partial charge in [0.25, 0.3) is 5.69 Å². The molecule has 1 aliphatic rings. The number of hydrogen-bond acceptors (Lipinski definition) is 7. The number of anilines is 1. The molecule has 1 fully saturated rings. The smallest absolute Gasteiger partial charge is 0.345 e. The number of carbonyl (C=O) groups is 1. The van der Waals surface area contributed by atoms with Gasteiger partial charge in [-0.05, 0) is 30.5 Å². The lowest BCUT2D eigenvalue weighted by atomic mass is 10.1. The third kappa shape index (κ3) is 3.80. The zero-order valence-corrected chi connectivity index (χ0v) is 14.5. The molecule has 25 heavy (non-hydrogen) atoms. The molecule has 1 aromatic heterocycles. The molecule has 1 atom stereocenters. The molecular weight excluding hydrogens is 344 g/mol. The highest BCUT2D eigenvalue weighted by molar-refractivity contribution is 7.10. The lowest BCUT2D eigenvalue weighted by Gasteiger charge is -2.34. The zero-order chi connectivity index (χ0) is 17.8. The Balaban J connectivity index is 1.87. The second-order valence-corrected chi connectivity index (χ2v) is 6.48. The van der Waals surface area contributed by atoms with Crippen LogP contribution in [-0.2, 0) is 9.47 Å². The third-order valence-electron chi connectivity index (χ3n) is 3.96. The molecule has 1 saturated heterocycles. The second kappa shape index (κ2) is 7.62. The fraction of sp³-hybridized carbons (Fsp3) is 0.353. The van der Waals surface area contributed by atoms with Crippen LogP contribution in [0.5, 0.6) is 0 Å². The number of benzene rings is 1. The van der Waals surface area contributed by atoms with Crippen LogP contribution < -0.4 is 4.90 Å². The van der Waals surface area contributed by atoms with Crippen molar-refractivity contribution >= 4 is 28.7 Å². The van der Waals surface area contributed by atoms with E-state index >= 15 is 0 Å². The average Bonchev–Trinajstić information content (AvgIpc) is 3.16. The summed E-state index contributed by atoms with van der Waals surface area (Å²) in [5.41, 5.74) is 0.479. The van der Waals surface area contributed by atoms with Gasteiger partial charge in [-0.25, -0.2) is 4.79 Å². The Morgan fingerprint density at radius 3 is 3.00 bits per heavy atom. The van der Waals surface area contributed by atoms with Crippen molar-refractivity contribution in [3.63, 3.8) is 0 Å². The molecule has 0 bridgehead atoms. The van der Waals surface area contributed by atoms with E-state index in [1.54, 1.807) is 24.3 Å². The van der Waals surface area contributed by atoms with Gasteiger partial charge in [0, 0.05) is 29.7 Å². The maximum atomic E-state index is 12.1. The Labute approximate surface area is 148 Å². The summed E-state index contributed by atoms with van der Waals surface area (Å²) in [6, 6.07) is 8.56. The van der Waals surface area contributed by atoms with Gasteiger partial charge in [-0.3, -0.25) is 10.1 Å². The lowest BCUT2D eigenvalue weighted by Crippen LogP contribution is -2.38. The van der Waals surface area contributed by atoms with Crippen LogP contribution >= 0.6 is 11.3 Å². The molecule has 132 valence electrons. The van der Waals surface area contributed by atoms with E-state index in [4.69, 9.17) is 9.47 Å². The average molecular weight is 362 g/mol. The first-order valence-electron chi connectivity index (χ1n) is 7.95. The molecule has 0 saturated carbocycles. The van der Waals surface area contributed by atoms with Gasteiger partial charge in [0.2, 0.25) is 0 Å². The van der Waals surface area contributed by atoms with E-state index in [1.807, 2.05) is 17.5 Å². The number of hydrogen-bond donors (Lipinski definition) is 0. The van der Waals surface area contributed by atoms with Crippen molar-refractivity contribution in [2.24, 2.45) is 0 Å². The maximum Gasteiger partial charge on any atom is 0.345 e. The highest BCUT2D eigenvalue weighted by Gasteiger charge is 2.26. The maximum absolute atomic E-state index is 12.1. The topological polar surface area (TPSA) is 81.9 Å². The van der Waals surface area contributed by atoms with Crippen LogP contribution in [0.3, 0.4) is 0 Å². The van der Waals surface area contributed by atoms with Gasteiger partial charge >= 0.3 is 5.97 Å². The van der Waals surface area contributed by atoms with Crippen LogP contribution in [0.15, 0.2) is 35.7 Å². The Kier molecular flexibility index (Phi) is 5.30. The van der Waals surface area contributed by atoms with Crippen molar-refractivity contribution in [3.8, 4) is 0 Å². The number of nitro groups is 1. The third-order valence-corrected chi connectivity index (χ3v) is 4.93. The van der Waals surface area contributed by atoms with Crippen molar-refractivity contribution in [1.29, 1.82) is 0 Å². The molecule has 0 amide bonds. The Bertz CT molecular complexity index is 762. The molecule has 3 rings (SSSR count). The molecule has 8 heteroatoms. The fourth-order valence-corrected chi connectivity index (χ4v) is 3.55. The Hall–Kier alpha value is -2.45. The van der Waals surface area contributed by atoms with Gasteiger partial charge in [0.1, 0.15) is 11.7 Å². The number of nitro benzene ring substituents is 1. The van der Waals surface area contributed by atoms with Crippen LogP contribution in [0.25, 0.3) is 0 Å². The van der Waals surface area contributed by atoms with Crippen LogP contribution in [0.2, 0.25) is 0 Å². The second-order valence-electron chi connectivity index (χ2n) is 5.50. The summed E-state index contributed by atoms with van der Waals surface area (Å²) in [6.07, 6.45) is -0.0463. The minimum atomic E-state index is -0.681. The standard InChI is InChI=1S/C17H18N2O5S/c1-2-23-17(20)13-10-12(5-6-14(13)19(21)22)18-7-8-24-15(11-18)16-4-3-9-25-16/h3-6,9-10,15H,2,7-8,11H2,1H3. The molecule has 7 nitrogen and oxygen atoms in total. The quantitative estimate of drug-likeness (QED) is 0.460. The lowest BCUT2D eigenvalue weighted by molar-refractivity contribution is -0.385. The summed E-state index contributed by atoms with van der Waals surface area (Å²) < 4.78 is 10.8. The van der Waals surface area contributed by atoms with Gasteiger partial charge < -0.3 is 14.4 Å². The molecule has 0 spiro atoms. The van der Waals surface area contributed by atoms with Crippen LogP contribution in [0, 0.1) is 10.1 Å². The Morgan fingerprint density at radius 1 is 1.48 bits per heavy atom. The number of ether oxygens (including phenoxy) is 2. The largest absolute Gasteiger partial charge is 0.462 e. The van der Waals surface area contributed by atoms with E-state index in [0.717, 1.165) is 10.6 Å². The summed E-state index contributed by atoms with van der Waals surface area (Å²) in [5, 5.41) is 13.2. The van der Waals surface area contributed by atoms with Crippen molar-refractivity contribution in [2.45, 2.75) is 13.0 Å². The first kappa shape index (κ1) is 17.4. The zero-order valence-electron chi connectivity index (χ0n) is 13.7. The summed E-state index contributed by atoms with van der Waals surface area (Å²) in [4.78, 5) is 25.9. The molecule has 2 aromatic rings. The van der Waals surface area contributed by atoms with E-state index in [9.17, 15) is 14.9 Å². The first-order valence-corrected chi connectivity index (χ1v) is 8.83. The molecular formula is C17H18N2O5S. The molecule has 0 aliphatic carbocycles. The summed E-state index contributed by atoms with van der Waals surface area (Å²) in [6.45, 7) is 3.66. The van der Waals surface area contributed by atoms with Crippen LogP contribution in [-0.4, -0.2) is 37.2 Å². The summed E-state index contributed by atoms with van der Waals surface area (Å²) in [7, 11) is 0. The Morgan fingerprint density at radius 2 is 2.32 bits per heavy atom. The van der Waals surface area contributed by atoms with Crippen LogP contribution in [0.4, 0.5) is 11.4 Å². The predicted molar refractivity (Wildman–Crippen MR) is 94.3 cm³/mol. The van der Waals surface area contributed by atoms with Gasteiger partial charge in [-0.1, -0.05) is 6.07 Å². The van der Waals surface area contributed by atoms with Crippen molar-refractivity contribution in [1.82, 2.24) is 0 Å². The number of rotatable bonds is 5. The van der Waals surface area contributed by atoms with E-state index in [2.05, 4.69) is 4.90 Å². The summed E-state index contributed by atoms with van der Waals surface area (Å²) >= 11 is 1.63. The number of esters is 1. The number of nitrogens with zero attached hydrogens (tertiary/aromatic N) is 2. The predicted octanol–water partition coefficient (Wildman–Crippen LogP) is 3.41. The van der Waals surface area contributed by atoms with Crippen molar-refractivity contribution in [2.75, 3.05) is 31.2 Å². The molecule has 1 aromatic carbocycles. The monoisotopic (exact) mass is 362 g/mol. The number of thiophene rings is 1. The highest BCUT2D eigenvalue weighted by Crippen LogP contribution is 2.31. The number of morpholine rings is 1. The van der Waals surface area contributed by atoms with E-state index in [-0.39, 0.29) is 24.0 Å². The van der Waals surface area contributed by atoms with Crippen molar-refractivity contribution < 1.29 is 19.2 Å². The van der Waals surface area contributed by atoms with E-state index < -0.39 is 10.9 Å². The van der Waals surface area contributed by atoms with Crippen LogP contribution in [0.1, 0.15) is 28.3 Å². The van der Waals surface area contributed by atoms with Gasteiger partial charge in [-0.2, -0.15) is 0 Å². The molecule has 0 N–H and O–H groups in total. The molecule has 1 aliphatic heterocycles. The van der Waals surface area contributed by atoms with Gasteiger partial charge in [0.15, 0.2) is 0 Å². The van der Waals surface area contributed by atoms with Crippen molar-refractivity contribution in [3.05, 3.63) is 56.3 Å². The van der Waals surface area contributed by atoms with Gasteiger partial charge in [-0.15, -0.1) is 11.3 Å². The summed E-state index contributed by atoms with van der Waals surface area (Å²) in [5.74, 6) is -0.681. The first-order chi connectivity index (χ1) is 12.1. The normalized spacial score (nSPS) is 17.3. The molecule has 1 unspecified atom stereocenters. The molecule has 0 radical (unpaired) electrons. The minimum absolute atomic E-state index is 0.0245.